The van der Waals surface area contributed by atoms with E-state index in [0.717, 1.165) is 24.3 Å². The molecule has 1 aromatic carbocycles. The minimum absolute atomic E-state index is 0.286. The number of rotatable bonds is 8. The summed E-state index contributed by atoms with van der Waals surface area (Å²) in [6, 6.07) is 6.78. The number of nitrogens with zero attached hydrogens (tertiary/aromatic N) is 2. The topological polar surface area (TPSA) is 63.1 Å². The monoisotopic (exact) mass is 352 g/mol. The number of aryl methyl sites for hydroxylation is 1. The second-order valence-electron chi connectivity index (χ2n) is 7.36. The van der Waals surface area contributed by atoms with Crippen LogP contribution in [0.25, 0.3) is 11.4 Å². The molecule has 0 fully saturated rings. The fraction of sp³-hybridized carbons (Fsp3) is 0.500. The number of carbonyl (C=O) groups is 1. The number of carboxylic acids is 1. The van der Waals surface area contributed by atoms with Gasteiger partial charge >= 0.3 is 5.97 Å². The Bertz CT molecular complexity index is 740. The molecule has 0 saturated carbocycles. The van der Waals surface area contributed by atoms with E-state index < -0.39 is 5.97 Å². The number of hydrogen-bond donors (Lipinski definition) is 1. The first-order chi connectivity index (χ1) is 12.7. The Morgan fingerprint density at radius 3 is 2.65 bits per heavy atom. The Morgan fingerprint density at radius 1 is 1.15 bits per heavy atom. The van der Waals surface area contributed by atoms with E-state index in [1.165, 1.54) is 56.2 Å². The van der Waals surface area contributed by atoms with Crippen molar-refractivity contribution in [3.8, 4) is 11.4 Å². The van der Waals surface area contributed by atoms with Crippen molar-refractivity contribution in [1.29, 1.82) is 0 Å². The third-order valence-electron chi connectivity index (χ3n) is 5.36. The summed E-state index contributed by atoms with van der Waals surface area (Å²) in [5.41, 5.74) is 3.62. The lowest BCUT2D eigenvalue weighted by molar-refractivity contribution is 0.0697. The first-order valence-corrected chi connectivity index (χ1v) is 9.86. The number of hydrogen-bond acceptors (Lipinski definition) is 3. The van der Waals surface area contributed by atoms with Gasteiger partial charge in [0.2, 0.25) is 0 Å². The maximum Gasteiger partial charge on any atom is 0.335 e. The van der Waals surface area contributed by atoms with Crippen molar-refractivity contribution in [2.24, 2.45) is 5.92 Å². The molecule has 1 aromatic heterocycles. The highest BCUT2D eigenvalue weighted by Gasteiger charge is 2.20. The summed E-state index contributed by atoms with van der Waals surface area (Å²) >= 11 is 0. The lowest BCUT2D eigenvalue weighted by atomic mass is 9.84. The maximum absolute atomic E-state index is 11.0. The van der Waals surface area contributed by atoms with Gasteiger partial charge in [-0.05, 0) is 42.9 Å². The Morgan fingerprint density at radius 2 is 1.92 bits per heavy atom. The second-order valence-corrected chi connectivity index (χ2v) is 7.36. The molecule has 26 heavy (non-hydrogen) atoms. The molecule has 0 spiro atoms. The van der Waals surface area contributed by atoms with Crippen molar-refractivity contribution < 1.29 is 9.90 Å². The average molecular weight is 352 g/mol. The molecule has 1 heterocycles. The van der Waals surface area contributed by atoms with Crippen molar-refractivity contribution in [2.45, 2.75) is 64.7 Å². The fourth-order valence-corrected chi connectivity index (χ4v) is 3.77. The Balaban J connectivity index is 1.61. The van der Waals surface area contributed by atoms with Crippen LogP contribution in [0, 0.1) is 5.92 Å². The second kappa shape index (κ2) is 8.93. The molecule has 1 atom stereocenters. The minimum atomic E-state index is -0.913. The van der Waals surface area contributed by atoms with Crippen LogP contribution in [0.2, 0.25) is 0 Å². The van der Waals surface area contributed by atoms with Gasteiger partial charge in [0.15, 0.2) is 5.82 Å². The highest BCUT2D eigenvalue weighted by molar-refractivity contribution is 5.88. The van der Waals surface area contributed by atoms with Crippen molar-refractivity contribution >= 4 is 5.97 Å². The fourth-order valence-electron chi connectivity index (χ4n) is 3.77. The molecule has 138 valence electrons. The minimum Gasteiger partial charge on any atom is -0.478 e. The van der Waals surface area contributed by atoms with Gasteiger partial charge in [0.05, 0.1) is 5.56 Å². The zero-order valence-electron chi connectivity index (χ0n) is 15.6. The SMILES string of the molecule is CCCCCCCC1CCc2nc(-c3ccc(C(=O)O)cc3)ncc2C1. The summed E-state index contributed by atoms with van der Waals surface area (Å²) in [4.78, 5) is 20.3. The maximum atomic E-state index is 11.0. The predicted octanol–water partition coefficient (Wildman–Crippen LogP) is 5.31. The first-order valence-electron chi connectivity index (χ1n) is 9.86. The van der Waals surface area contributed by atoms with Gasteiger partial charge in [-0.25, -0.2) is 14.8 Å². The van der Waals surface area contributed by atoms with Gasteiger partial charge in [-0.3, -0.25) is 0 Å². The standard InChI is InChI=1S/C22H28N2O2/c1-2-3-4-5-6-7-16-8-13-20-19(14-16)15-23-21(24-20)17-9-11-18(12-10-17)22(25)26/h9-12,15-16H,2-8,13-14H2,1H3,(H,25,26). The van der Waals surface area contributed by atoms with Gasteiger partial charge in [-0.1, -0.05) is 57.6 Å². The van der Waals surface area contributed by atoms with Crippen LogP contribution < -0.4 is 0 Å². The summed E-state index contributed by atoms with van der Waals surface area (Å²) in [7, 11) is 0. The highest BCUT2D eigenvalue weighted by atomic mass is 16.4. The van der Waals surface area contributed by atoms with E-state index in [-0.39, 0.29) is 5.56 Å². The van der Waals surface area contributed by atoms with E-state index in [4.69, 9.17) is 10.1 Å². The van der Waals surface area contributed by atoms with Crippen molar-refractivity contribution in [3.05, 3.63) is 47.3 Å². The van der Waals surface area contributed by atoms with Gasteiger partial charge < -0.3 is 5.11 Å². The summed E-state index contributed by atoms with van der Waals surface area (Å²) in [6.45, 7) is 2.26. The summed E-state index contributed by atoms with van der Waals surface area (Å²) < 4.78 is 0. The molecule has 1 aliphatic carbocycles. The molecule has 1 N–H and O–H groups in total. The van der Waals surface area contributed by atoms with Crippen LogP contribution in [0.4, 0.5) is 0 Å². The molecule has 2 aromatic rings. The molecule has 0 aliphatic heterocycles. The van der Waals surface area contributed by atoms with Crippen LogP contribution >= 0.6 is 0 Å². The normalized spacial score (nSPS) is 16.3. The Hall–Kier alpha value is -2.23. The third kappa shape index (κ3) is 4.69. The summed E-state index contributed by atoms with van der Waals surface area (Å²) in [6.07, 6.45) is 13.4. The van der Waals surface area contributed by atoms with Crippen LogP contribution in [-0.4, -0.2) is 21.0 Å². The first kappa shape index (κ1) is 18.6. The molecule has 4 nitrogen and oxygen atoms in total. The zero-order valence-corrected chi connectivity index (χ0v) is 15.6. The molecule has 3 rings (SSSR count). The lowest BCUT2D eigenvalue weighted by Crippen LogP contribution is -2.16. The molecule has 0 bridgehead atoms. The molecule has 0 saturated heterocycles. The van der Waals surface area contributed by atoms with Gasteiger partial charge in [-0.15, -0.1) is 0 Å². The van der Waals surface area contributed by atoms with Crippen LogP contribution in [0.1, 0.15) is 73.5 Å². The zero-order chi connectivity index (χ0) is 18.4. The van der Waals surface area contributed by atoms with E-state index in [1.54, 1.807) is 24.3 Å². The lowest BCUT2D eigenvalue weighted by Gasteiger charge is -2.24. The number of benzene rings is 1. The number of fused-ring (bicyclic) bond motifs is 1. The molecule has 0 amide bonds. The van der Waals surface area contributed by atoms with Crippen LogP contribution in [-0.2, 0) is 12.8 Å². The number of aromatic carboxylic acids is 1. The molecular formula is C22H28N2O2. The number of unbranched alkanes of at least 4 members (excludes halogenated alkanes) is 4. The molecular weight excluding hydrogens is 324 g/mol. The molecule has 0 radical (unpaired) electrons. The molecule has 4 heteroatoms. The van der Waals surface area contributed by atoms with Crippen LogP contribution in [0.3, 0.4) is 0 Å². The van der Waals surface area contributed by atoms with Gasteiger partial charge in [0.25, 0.3) is 0 Å². The number of aromatic nitrogens is 2. The van der Waals surface area contributed by atoms with E-state index in [1.807, 2.05) is 6.20 Å². The van der Waals surface area contributed by atoms with E-state index in [2.05, 4.69) is 11.9 Å². The summed E-state index contributed by atoms with van der Waals surface area (Å²) in [5.74, 6) is 0.552. The Labute approximate surface area is 155 Å². The van der Waals surface area contributed by atoms with Gasteiger partial charge in [0, 0.05) is 17.5 Å². The van der Waals surface area contributed by atoms with Crippen molar-refractivity contribution in [2.75, 3.05) is 0 Å². The van der Waals surface area contributed by atoms with Gasteiger partial charge in [0.1, 0.15) is 0 Å². The quantitative estimate of drug-likeness (QED) is 0.654. The smallest absolute Gasteiger partial charge is 0.335 e. The largest absolute Gasteiger partial charge is 0.478 e. The third-order valence-corrected chi connectivity index (χ3v) is 5.36. The van der Waals surface area contributed by atoms with Gasteiger partial charge in [-0.2, -0.15) is 0 Å². The Kier molecular flexibility index (Phi) is 6.37. The predicted molar refractivity (Wildman–Crippen MR) is 103 cm³/mol. The highest BCUT2D eigenvalue weighted by Crippen LogP contribution is 2.29. The average Bonchev–Trinajstić information content (AvgIpc) is 2.67. The van der Waals surface area contributed by atoms with E-state index in [0.29, 0.717) is 5.82 Å². The van der Waals surface area contributed by atoms with E-state index in [9.17, 15) is 4.79 Å². The molecule has 1 unspecified atom stereocenters. The number of carboxylic acid groups (broad SMARTS) is 1. The van der Waals surface area contributed by atoms with Crippen LogP contribution in [0.15, 0.2) is 30.5 Å². The van der Waals surface area contributed by atoms with Crippen molar-refractivity contribution in [1.82, 2.24) is 9.97 Å². The molecule has 1 aliphatic rings. The summed E-state index contributed by atoms with van der Waals surface area (Å²) in [5, 5.41) is 9.00. The van der Waals surface area contributed by atoms with E-state index >= 15 is 0 Å². The van der Waals surface area contributed by atoms with Crippen molar-refractivity contribution in [3.63, 3.8) is 0 Å². The van der Waals surface area contributed by atoms with Crippen LogP contribution in [0.5, 0.6) is 0 Å².